The van der Waals surface area contributed by atoms with E-state index < -0.39 is 4.92 Å². The van der Waals surface area contributed by atoms with Gasteiger partial charge in [0, 0.05) is 38.3 Å². The Hall–Kier alpha value is -1.73. The fourth-order valence-corrected chi connectivity index (χ4v) is 3.11. The minimum Gasteiger partial charge on any atom is -0.379 e. The summed E-state index contributed by atoms with van der Waals surface area (Å²) in [5, 5.41) is 10.6. The number of piperidine rings is 1. The fourth-order valence-electron chi connectivity index (χ4n) is 3.11. The van der Waals surface area contributed by atoms with Crippen molar-refractivity contribution in [1.82, 2.24) is 9.88 Å². The van der Waals surface area contributed by atoms with E-state index in [-0.39, 0.29) is 5.82 Å². The average molecular weight is 292 g/mol. The van der Waals surface area contributed by atoms with E-state index in [9.17, 15) is 10.1 Å². The third kappa shape index (κ3) is 3.30. The molecule has 21 heavy (non-hydrogen) atoms. The molecule has 1 aromatic rings. The van der Waals surface area contributed by atoms with Gasteiger partial charge in [0.2, 0.25) is 0 Å². The van der Waals surface area contributed by atoms with Gasteiger partial charge < -0.3 is 19.8 Å². The molecule has 2 saturated heterocycles. The maximum absolute atomic E-state index is 10.6. The number of pyridine rings is 1. The Balaban J connectivity index is 1.56. The Labute approximate surface area is 123 Å². The Morgan fingerprint density at radius 3 is 2.48 bits per heavy atom. The van der Waals surface area contributed by atoms with E-state index in [1.165, 1.54) is 6.07 Å². The van der Waals surface area contributed by atoms with Crippen LogP contribution in [0.2, 0.25) is 0 Å². The zero-order valence-electron chi connectivity index (χ0n) is 12.0. The van der Waals surface area contributed by atoms with Crippen LogP contribution in [0.15, 0.2) is 18.3 Å². The Morgan fingerprint density at radius 1 is 1.19 bits per heavy atom. The number of nitrogens with zero attached hydrogens (tertiary/aromatic N) is 4. The molecule has 114 valence electrons. The lowest BCUT2D eigenvalue weighted by molar-refractivity contribution is -0.389. The lowest BCUT2D eigenvalue weighted by Gasteiger charge is -2.40. The molecule has 1 aromatic heterocycles. The zero-order valence-corrected chi connectivity index (χ0v) is 12.0. The van der Waals surface area contributed by atoms with Crippen molar-refractivity contribution in [1.29, 1.82) is 0 Å². The first-order chi connectivity index (χ1) is 10.2. The Morgan fingerprint density at radius 2 is 1.90 bits per heavy atom. The van der Waals surface area contributed by atoms with Gasteiger partial charge in [0.1, 0.15) is 0 Å². The highest BCUT2D eigenvalue weighted by atomic mass is 16.6. The van der Waals surface area contributed by atoms with E-state index >= 15 is 0 Å². The molecule has 0 radical (unpaired) electrons. The van der Waals surface area contributed by atoms with Crippen LogP contribution >= 0.6 is 0 Å². The second kappa shape index (κ2) is 6.36. The van der Waals surface area contributed by atoms with Crippen LogP contribution in [0, 0.1) is 10.1 Å². The molecule has 2 aliphatic heterocycles. The first-order valence-electron chi connectivity index (χ1n) is 7.41. The molecular formula is C14H20N4O3. The topological polar surface area (TPSA) is 71.7 Å². The molecule has 0 amide bonds. The van der Waals surface area contributed by atoms with Crippen molar-refractivity contribution < 1.29 is 9.66 Å². The zero-order chi connectivity index (χ0) is 14.7. The molecule has 7 nitrogen and oxygen atoms in total. The van der Waals surface area contributed by atoms with Crippen molar-refractivity contribution in [2.75, 3.05) is 44.3 Å². The first kappa shape index (κ1) is 14.2. The standard InChI is InChI=1S/C14H20N4O3/c19-18(20)14-2-1-13(11-15-14)16-5-3-12(4-6-16)17-7-9-21-10-8-17/h1-2,11-12H,3-10H2. The SMILES string of the molecule is O=[N+]([O-])c1ccc(N2CCC(N3CCOCC3)CC2)cn1. The minimum absolute atomic E-state index is 0.0954. The van der Waals surface area contributed by atoms with Gasteiger partial charge in [0.25, 0.3) is 0 Å². The second-order valence-corrected chi connectivity index (χ2v) is 5.50. The third-order valence-electron chi connectivity index (χ3n) is 4.31. The summed E-state index contributed by atoms with van der Waals surface area (Å²) in [4.78, 5) is 18.8. The van der Waals surface area contributed by atoms with E-state index in [0.29, 0.717) is 6.04 Å². The summed E-state index contributed by atoms with van der Waals surface area (Å²) in [6.07, 6.45) is 3.85. The number of hydrogen-bond acceptors (Lipinski definition) is 6. The van der Waals surface area contributed by atoms with E-state index in [2.05, 4.69) is 14.8 Å². The molecule has 0 aliphatic carbocycles. The van der Waals surface area contributed by atoms with Crippen LogP contribution < -0.4 is 4.90 Å². The van der Waals surface area contributed by atoms with Crippen molar-refractivity contribution in [2.45, 2.75) is 18.9 Å². The molecule has 3 heterocycles. The Kier molecular flexibility index (Phi) is 4.31. The van der Waals surface area contributed by atoms with Gasteiger partial charge >= 0.3 is 5.82 Å². The predicted octanol–water partition coefficient (Wildman–Crippen LogP) is 1.29. The molecule has 2 aliphatic rings. The molecule has 0 atom stereocenters. The largest absolute Gasteiger partial charge is 0.379 e. The molecule has 0 unspecified atom stereocenters. The Bertz CT molecular complexity index is 479. The van der Waals surface area contributed by atoms with Crippen molar-refractivity contribution in [3.63, 3.8) is 0 Å². The van der Waals surface area contributed by atoms with Gasteiger partial charge in [-0.3, -0.25) is 4.90 Å². The van der Waals surface area contributed by atoms with Gasteiger partial charge in [-0.2, -0.15) is 0 Å². The number of anilines is 1. The highest BCUT2D eigenvalue weighted by Crippen LogP contribution is 2.23. The lowest BCUT2D eigenvalue weighted by atomic mass is 10.0. The summed E-state index contributed by atoms with van der Waals surface area (Å²) >= 11 is 0. The lowest BCUT2D eigenvalue weighted by Crippen LogP contribution is -2.49. The summed E-state index contributed by atoms with van der Waals surface area (Å²) in [5.41, 5.74) is 0.973. The average Bonchev–Trinajstić information content (AvgIpc) is 2.56. The molecule has 0 aromatic carbocycles. The number of aromatic nitrogens is 1. The van der Waals surface area contributed by atoms with Crippen LogP contribution in [0.5, 0.6) is 0 Å². The molecule has 2 fully saturated rings. The van der Waals surface area contributed by atoms with Gasteiger partial charge in [0.05, 0.1) is 18.9 Å². The van der Waals surface area contributed by atoms with E-state index in [0.717, 1.165) is 57.9 Å². The van der Waals surface area contributed by atoms with Crippen LogP contribution in [-0.2, 0) is 4.74 Å². The van der Waals surface area contributed by atoms with Crippen molar-refractivity contribution in [2.24, 2.45) is 0 Å². The minimum atomic E-state index is -0.464. The fraction of sp³-hybridized carbons (Fsp3) is 0.643. The van der Waals surface area contributed by atoms with Crippen molar-refractivity contribution in [3.8, 4) is 0 Å². The van der Waals surface area contributed by atoms with E-state index in [4.69, 9.17) is 4.74 Å². The second-order valence-electron chi connectivity index (χ2n) is 5.50. The molecule has 0 spiro atoms. The summed E-state index contributed by atoms with van der Waals surface area (Å²) in [6.45, 7) is 5.69. The number of nitro groups is 1. The molecule has 0 bridgehead atoms. The van der Waals surface area contributed by atoms with Crippen LogP contribution in [0.1, 0.15) is 12.8 Å². The van der Waals surface area contributed by atoms with Gasteiger partial charge in [-0.15, -0.1) is 0 Å². The number of morpholine rings is 1. The van der Waals surface area contributed by atoms with Crippen molar-refractivity contribution in [3.05, 3.63) is 28.4 Å². The monoisotopic (exact) mass is 292 g/mol. The third-order valence-corrected chi connectivity index (χ3v) is 4.31. The van der Waals surface area contributed by atoms with Gasteiger partial charge in [-0.25, -0.2) is 0 Å². The predicted molar refractivity (Wildman–Crippen MR) is 78.5 cm³/mol. The summed E-state index contributed by atoms with van der Waals surface area (Å²) in [5.74, 6) is -0.0954. The first-order valence-corrected chi connectivity index (χ1v) is 7.41. The molecule has 7 heteroatoms. The smallest absolute Gasteiger partial charge is 0.363 e. The quantitative estimate of drug-likeness (QED) is 0.617. The van der Waals surface area contributed by atoms with Gasteiger partial charge in [0.15, 0.2) is 6.20 Å². The van der Waals surface area contributed by atoms with Crippen LogP contribution in [0.4, 0.5) is 11.5 Å². The molecule has 0 N–H and O–H groups in total. The highest BCUT2D eigenvalue weighted by molar-refractivity contribution is 5.46. The summed E-state index contributed by atoms with van der Waals surface area (Å²) in [7, 11) is 0. The van der Waals surface area contributed by atoms with Gasteiger partial charge in [-0.1, -0.05) is 0 Å². The van der Waals surface area contributed by atoms with Crippen molar-refractivity contribution >= 4 is 11.5 Å². The normalized spacial score (nSPS) is 21.4. The van der Waals surface area contributed by atoms with Crippen LogP contribution in [0.3, 0.4) is 0 Å². The maximum atomic E-state index is 10.6. The maximum Gasteiger partial charge on any atom is 0.363 e. The highest BCUT2D eigenvalue weighted by Gasteiger charge is 2.26. The number of rotatable bonds is 3. The van der Waals surface area contributed by atoms with E-state index in [1.807, 2.05) is 0 Å². The van der Waals surface area contributed by atoms with Crippen LogP contribution in [0.25, 0.3) is 0 Å². The van der Waals surface area contributed by atoms with E-state index in [1.54, 1.807) is 12.3 Å². The van der Waals surface area contributed by atoms with Gasteiger partial charge in [-0.05, 0) is 28.8 Å². The van der Waals surface area contributed by atoms with Crippen LogP contribution in [-0.4, -0.2) is 60.2 Å². The number of ether oxygens (including phenoxy) is 1. The molecule has 0 saturated carbocycles. The number of hydrogen-bond donors (Lipinski definition) is 0. The molecule has 3 rings (SSSR count). The summed E-state index contributed by atoms with van der Waals surface area (Å²) < 4.78 is 5.40. The summed E-state index contributed by atoms with van der Waals surface area (Å²) in [6, 6.07) is 3.90. The molecular weight excluding hydrogens is 272 g/mol.